The Kier molecular flexibility index (Phi) is 8.60. The standard InChI is InChI=1S/C3H8O3S2.Na/c1-2-3-6-8(4,5)7;/h2-3H2,1H3,(H,4,5,7);/q;+1/p-1. The van der Waals surface area contributed by atoms with E-state index in [1.165, 1.54) is 0 Å². The molecule has 0 bridgehead atoms. The molecule has 0 aromatic rings. The maximum absolute atomic E-state index is 9.98. The van der Waals surface area contributed by atoms with Gasteiger partial charge in [-0.2, -0.15) is 0 Å². The summed E-state index contributed by atoms with van der Waals surface area (Å²) in [5.74, 6) is 0. The molecular weight excluding hydrogens is 171 g/mol. The minimum atomic E-state index is -3.60. The third-order valence-electron chi connectivity index (χ3n) is 0.432. The Morgan fingerprint density at radius 2 is 2.00 bits per heavy atom. The van der Waals surface area contributed by atoms with Crippen LogP contribution in [0.15, 0.2) is 0 Å². The van der Waals surface area contributed by atoms with Crippen LogP contribution in [-0.4, -0.2) is 15.0 Å². The van der Waals surface area contributed by atoms with Gasteiger partial charge in [0.25, 0.3) is 0 Å². The topological polar surface area (TPSA) is 43.4 Å². The fourth-order valence-corrected chi connectivity index (χ4v) is 0.760. The molecule has 0 atom stereocenters. The summed E-state index contributed by atoms with van der Waals surface area (Å²) in [5.41, 5.74) is 0. The molecule has 0 unspecified atom stereocenters. The third-order valence-corrected chi connectivity index (χ3v) is 1.18. The van der Waals surface area contributed by atoms with Gasteiger partial charge < -0.3 is 11.7 Å². The molecule has 0 aliphatic rings. The van der Waals surface area contributed by atoms with Crippen molar-refractivity contribution in [1.82, 2.24) is 0 Å². The predicted molar refractivity (Wildman–Crippen MR) is 32.5 cm³/mol. The van der Waals surface area contributed by atoms with E-state index in [0.717, 1.165) is 0 Å². The Morgan fingerprint density at radius 3 is 2.11 bits per heavy atom. The van der Waals surface area contributed by atoms with Gasteiger partial charge in [-0.25, -0.2) is 8.42 Å². The smallest absolute Gasteiger partial charge is 0.619 e. The van der Waals surface area contributed by atoms with Gasteiger partial charge in [0.05, 0.1) is 6.61 Å². The number of hydrogen-bond donors (Lipinski definition) is 0. The van der Waals surface area contributed by atoms with Gasteiger partial charge in [0.2, 0.25) is 0 Å². The molecule has 0 spiro atoms. The van der Waals surface area contributed by atoms with Crippen LogP contribution in [0, 0.1) is 0 Å². The largest absolute Gasteiger partial charge is 1.00 e. The molecule has 0 aliphatic heterocycles. The van der Waals surface area contributed by atoms with Crippen molar-refractivity contribution in [1.29, 1.82) is 0 Å². The third kappa shape index (κ3) is 12.5. The summed E-state index contributed by atoms with van der Waals surface area (Å²) in [6, 6.07) is 0. The molecule has 9 heavy (non-hydrogen) atoms. The average Bonchev–Trinajstić information content (AvgIpc) is 1.59. The van der Waals surface area contributed by atoms with Crippen LogP contribution in [0.5, 0.6) is 0 Å². The minimum absolute atomic E-state index is 0. The average molecular weight is 178 g/mol. The van der Waals surface area contributed by atoms with Crippen molar-refractivity contribution in [2.45, 2.75) is 13.3 Å². The van der Waals surface area contributed by atoms with Gasteiger partial charge in [0, 0.05) is 0 Å². The second-order valence-corrected chi connectivity index (χ2v) is 3.51. The fourth-order valence-electron chi connectivity index (χ4n) is 0.185. The Labute approximate surface area is 82.4 Å². The van der Waals surface area contributed by atoms with Gasteiger partial charge in [-0.15, -0.1) is 0 Å². The van der Waals surface area contributed by atoms with Crippen molar-refractivity contribution < 1.29 is 42.2 Å². The minimum Gasteiger partial charge on any atom is -0.619 e. The molecule has 0 amide bonds. The van der Waals surface area contributed by atoms with E-state index in [4.69, 9.17) is 0 Å². The summed E-state index contributed by atoms with van der Waals surface area (Å²) < 4.78 is 24.1. The molecule has 50 valence electrons. The van der Waals surface area contributed by atoms with E-state index in [1.807, 2.05) is 0 Å². The van der Waals surface area contributed by atoms with Crippen LogP contribution in [0.4, 0.5) is 0 Å². The van der Waals surface area contributed by atoms with Crippen molar-refractivity contribution in [2.24, 2.45) is 0 Å². The van der Waals surface area contributed by atoms with E-state index >= 15 is 0 Å². The van der Waals surface area contributed by atoms with Crippen LogP contribution in [0.25, 0.3) is 0 Å². The van der Waals surface area contributed by atoms with Gasteiger partial charge in [-0.3, -0.25) is 4.18 Å². The van der Waals surface area contributed by atoms with Gasteiger partial charge in [0.15, 0.2) is 0 Å². The number of rotatable bonds is 3. The Hall–Kier alpha value is 1.26. The van der Waals surface area contributed by atoms with Gasteiger partial charge in [-0.05, 0) is 6.42 Å². The summed E-state index contributed by atoms with van der Waals surface area (Å²) >= 11 is 3.90. The van der Waals surface area contributed by atoms with Crippen LogP contribution >= 0.6 is 0 Å². The van der Waals surface area contributed by atoms with Crippen LogP contribution in [-0.2, 0) is 25.0 Å². The molecule has 0 heterocycles. The summed E-state index contributed by atoms with van der Waals surface area (Å²) in [6.07, 6.45) is 0.663. The van der Waals surface area contributed by atoms with Crippen molar-refractivity contribution in [3.05, 3.63) is 0 Å². The quantitative estimate of drug-likeness (QED) is 0.266. The van der Waals surface area contributed by atoms with Crippen LogP contribution in [0.3, 0.4) is 0 Å². The Balaban J connectivity index is 0. The van der Waals surface area contributed by atoms with Crippen molar-refractivity contribution >= 4 is 20.8 Å². The first kappa shape index (κ1) is 12.9. The molecule has 0 aromatic heterocycles. The van der Waals surface area contributed by atoms with Crippen molar-refractivity contribution in [3.63, 3.8) is 0 Å². The predicted octanol–water partition coefficient (Wildman–Crippen LogP) is -2.79. The Morgan fingerprint density at radius 1 is 1.56 bits per heavy atom. The normalized spacial score (nSPS) is 10.4. The second-order valence-electron chi connectivity index (χ2n) is 1.23. The molecule has 0 saturated carbocycles. The van der Waals surface area contributed by atoms with E-state index in [-0.39, 0.29) is 36.2 Å². The van der Waals surface area contributed by atoms with Crippen LogP contribution < -0.4 is 29.6 Å². The van der Waals surface area contributed by atoms with E-state index in [1.54, 1.807) is 6.92 Å². The molecule has 0 fully saturated rings. The zero-order chi connectivity index (χ0) is 6.62. The molecule has 0 rings (SSSR count). The maximum Gasteiger partial charge on any atom is 1.00 e. The van der Waals surface area contributed by atoms with E-state index in [9.17, 15) is 8.42 Å². The monoisotopic (exact) mass is 178 g/mol. The molecule has 0 N–H and O–H groups in total. The first-order valence-corrected chi connectivity index (χ1v) is 4.50. The molecular formula is C3H7NaO3S2. The Bertz CT molecular complexity index is 141. The van der Waals surface area contributed by atoms with Gasteiger partial charge >= 0.3 is 29.6 Å². The fraction of sp³-hybridized carbons (Fsp3) is 1.00. The summed E-state index contributed by atoms with van der Waals surface area (Å²) in [6.45, 7) is 1.99. The van der Waals surface area contributed by atoms with Crippen LogP contribution in [0.2, 0.25) is 0 Å². The van der Waals surface area contributed by atoms with Gasteiger partial charge in [-0.1, -0.05) is 6.92 Å². The molecule has 0 radical (unpaired) electrons. The zero-order valence-electron chi connectivity index (χ0n) is 5.46. The number of hydrogen-bond acceptors (Lipinski definition) is 4. The second kappa shape index (κ2) is 6.00. The van der Waals surface area contributed by atoms with Crippen LogP contribution in [0.1, 0.15) is 13.3 Å². The SMILES string of the molecule is CCCOS(=O)(=O)[S-].[Na+]. The van der Waals surface area contributed by atoms with E-state index in [0.29, 0.717) is 6.42 Å². The first-order chi connectivity index (χ1) is 3.56. The molecule has 0 aliphatic carbocycles. The molecule has 0 saturated heterocycles. The summed E-state index contributed by atoms with van der Waals surface area (Å²) in [7, 11) is -3.60. The maximum atomic E-state index is 9.98. The summed E-state index contributed by atoms with van der Waals surface area (Å²) in [5, 5.41) is 0. The zero-order valence-corrected chi connectivity index (χ0v) is 9.09. The van der Waals surface area contributed by atoms with E-state index in [2.05, 4.69) is 15.8 Å². The molecule has 3 nitrogen and oxygen atoms in total. The molecule has 6 heteroatoms. The van der Waals surface area contributed by atoms with Crippen molar-refractivity contribution in [3.8, 4) is 0 Å². The summed E-state index contributed by atoms with van der Waals surface area (Å²) in [4.78, 5) is 0. The van der Waals surface area contributed by atoms with Crippen molar-refractivity contribution in [2.75, 3.05) is 6.61 Å². The van der Waals surface area contributed by atoms with Gasteiger partial charge in [0.1, 0.15) is 9.15 Å². The molecule has 0 aromatic carbocycles. The first-order valence-electron chi connectivity index (χ1n) is 2.16. The van der Waals surface area contributed by atoms with E-state index < -0.39 is 9.15 Å².